The predicted molar refractivity (Wildman–Crippen MR) is 81.5 cm³/mol. The Morgan fingerprint density at radius 3 is 2.89 bits per heavy atom. The number of nitrogens with zero attached hydrogens (tertiary/aromatic N) is 1. The first-order chi connectivity index (χ1) is 9.13. The molecule has 0 radical (unpaired) electrons. The summed E-state index contributed by atoms with van der Waals surface area (Å²) in [6, 6.07) is 6.34. The zero-order valence-electron chi connectivity index (χ0n) is 11.9. The van der Waals surface area contributed by atoms with Gasteiger partial charge in [0, 0.05) is 31.7 Å². The van der Waals surface area contributed by atoms with Crippen LogP contribution in [-0.2, 0) is 13.1 Å². The highest BCUT2D eigenvalue weighted by atomic mass is 32.2. The van der Waals surface area contributed by atoms with Crippen LogP contribution in [0.4, 0.5) is 0 Å². The van der Waals surface area contributed by atoms with Crippen molar-refractivity contribution in [2.45, 2.75) is 32.5 Å². The summed E-state index contributed by atoms with van der Waals surface area (Å²) in [4.78, 5) is 14.3. The molecule has 0 spiro atoms. The van der Waals surface area contributed by atoms with Crippen LogP contribution in [0.25, 0.3) is 0 Å². The number of thioether (sulfide) groups is 1. The SMILES string of the molecule is CSCCC(C)N(C)C(=O)c1ccc2c(c1)CNC2. The first-order valence-electron chi connectivity index (χ1n) is 6.72. The number of nitrogens with one attached hydrogen (secondary N) is 1. The molecular formula is C15H22N2OS. The fourth-order valence-electron chi connectivity index (χ4n) is 2.31. The maximum Gasteiger partial charge on any atom is 0.253 e. The van der Waals surface area contributed by atoms with E-state index in [1.54, 1.807) is 0 Å². The molecule has 19 heavy (non-hydrogen) atoms. The molecule has 1 atom stereocenters. The number of hydrogen-bond acceptors (Lipinski definition) is 3. The number of carbonyl (C=O) groups is 1. The van der Waals surface area contributed by atoms with Crippen molar-refractivity contribution in [3.63, 3.8) is 0 Å². The lowest BCUT2D eigenvalue weighted by atomic mass is 10.0. The molecule has 1 N–H and O–H groups in total. The van der Waals surface area contributed by atoms with Crippen molar-refractivity contribution in [2.24, 2.45) is 0 Å². The summed E-state index contributed by atoms with van der Waals surface area (Å²) in [7, 11) is 1.90. The minimum absolute atomic E-state index is 0.128. The molecule has 4 heteroatoms. The van der Waals surface area contributed by atoms with E-state index in [9.17, 15) is 4.79 Å². The molecule has 0 fully saturated rings. The van der Waals surface area contributed by atoms with Gasteiger partial charge in [0.2, 0.25) is 0 Å². The fraction of sp³-hybridized carbons (Fsp3) is 0.533. The highest BCUT2D eigenvalue weighted by molar-refractivity contribution is 7.98. The van der Waals surface area contributed by atoms with E-state index in [1.807, 2.05) is 35.8 Å². The molecule has 1 aliphatic rings. The van der Waals surface area contributed by atoms with E-state index >= 15 is 0 Å². The Morgan fingerprint density at radius 1 is 1.42 bits per heavy atom. The molecule has 104 valence electrons. The van der Waals surface area contributed by atoms with Crippen LogP contribution in [-0.4, -0.2) is 35.9 Å². The van der Waals surface area contributed by atoms with E-state index < -0.39 is 0 Å². The normalized spacial score (nSPS) is 15.1. The van der Waals surface area contributed by atoms with Crippen molar-refractivity contribution >= 4 is 17.7 Å². The van der Waals surface area contributed by atoms with E-state index in [0.29, 0.717) is 0 Å². The van der Waals surface area contributed by atoms with Gasteiger partial charge in [-0.3, -0.25) is 4.79 Å². The van der Waals surface area contributed by atoms with Gasteiger partial charge in [-0.05, 0) is 48.6 Å². The number of rotatable bonds is 5. The van der Waals surface area contributed by atoms with Crippen molar-refractivity contribution in [3.05, 3.63) is 34.9 Å². The molecule has 2 rings (SSSR count). The number of benzene rings is 1. The Kier molecular flexibility index (Phi) is 4.88. The molecule has 0 saturated carbocycles. The van der Waals surface area contributed by atoms with Crippen LogP contribution in [0.3, 0.4) is 0 Å². The van der Waals surface area contributed by atoms with Gasteiger partial charge in [-0.2, -0.15) is 11.8 Å². The Bertz CT molecular complexity index is 461. The van der Waals surface area contributed by atoms with Gasteiger partial charge in [0.25, 0.3) is 5.91 Å². The molecule has 0 bridgehead atoms. The minimum atomic E-state index is 0.128. The van der Waals surface area contributed by atoms with Gasteiger partial charge < -0.3 is 10.2 Å². The van der Waals surface area contributed by atoms with Crippen LogP contribution in [0.1, 0.15) is 34.8 Å². The third kappa shape index (κ3) is 3.31. The third-order valence-electron chi connectivity index (χ3n) is 3.81. The van der Waals surface area contributed by atoms with Crippen molar-refractivity contribution < 1.29 is 4.79 Å². The van der Waals surface area contributed by atoms with Crippen molar-refractivity contribution in [2.75, 3.05) is 19.1 Å². The third-order valence-corrected chi connectivity index (χ3v) is 4.45. The zero-order chi connectivity index (χ0) is 13.8. The van der Waals surface area contributed by atoms with Crippen LogP contribution >= 0.6 is 11.8 Å². The Balaban J connectivity index is 2.06. The lowest BCUT2D eigenvalue weighted by molar-refractivity contribution is 0.0741. The van der Waals surface area contributed by atoms with Gasteiger partial charge in [0.15, 0.2) is 0 Å². The molecule has 1 aromatic carbocycles. The molecular weight excluding hydrogens is 256 g/mol. The average Bonchev–Trinajstić information content (AvgIpc) is 2.90. The van der Waals surface area contributed by atoms with Gasteiger partial charge in [0.1, 0.15) is 0 Å². The lowest BCUT2D eigenvalue weighted by Gasteiger charge is -2.25. The largest absolute Gasteiger partial charge is 0.339 e. The fourth-order valence-corrected chi connectivity index (χ4v) is 2.89. The Labute approximate surface area is 119 Å². The van der Waals surface area contributed by atoms with E-state index in [-0.39, 0.29) is 11.9 Å². The average molecular weight is 278 g/mol. The monoisotopic (exact) mass is 278 g/mol. The molecule has 0 saturated heterocycles. The molecule has 1 amide bonds. The molecule has 3 nitrogen and oxygen atoms in total. The molecule has 1 aliphatic heterocycles. The summed E-state index contributed by atoms with van der Waals surface area (Å²) < 4.78 is 0. The smallest absolute Gasteiger partial charge is 0.253 e. The second-order valence-electron chi connectivity index (χ2n) is 5.13. The second kappa shape index (κ2) is 6.44. The van der Waals surface area contributed by atoms with Gasteiger partial charge in [-0.25, -0.2) is 0 Å². The lowest BCUT2D eigenvalue weighted by Crippen LogP contribution is -2.35. The van der Waals surface area contributed by atoms with E-state index in [4.69, 9.17) is 0 Å². The van der Waals surface area contributed by atoms with Crippen LogP contribution in [0.15, 0.2) is 18.2 Å². The first-order valence-corrected chi connectivity index (χ1v) is 8.11. The quantitative estimate of drug-likeness (QED) is 0.898. The van der Waals surface area contributed by atoms with Gasteiger partial charge in [0.05, 0.1) is 0 Å². The summed E-state index contributed by atoms with van der Waals surface area (Å²) in [5.74, 6) is 1.22. The summed E-state index contributed by atoms with van der Waals surface area (Å²) in [6.45, 7) is 3.91. The van der Waals surface area contributed by atoms with Gasteiger partial charge in [-0.15, -0.1) is 0 Å². The predicted octanol–water partition coefficient (Wildman–Crippen LogP) is 2.50. The number of hydrogen-bond donors (Lipinski definition) is 1. The number of carbonyl (C=O) groups excluding carboxylic acids is 1. The topological polar surface area (TPSA) is 32.3 Å². The number of amides is 1. The summed E-state index contributed by atoms with van der Waals surface area (Å²) in [5, 5.41) is 3.31. The molecule has 1 aromatic rings. The van der Waals surface area contributed by atoms with Crippen LogP contribution in [0.5, 0.6) is 0 Å². The van der Waals surface area contributed by atoms with E-state index in [1.165, 1.54) is 11.1 Å². The van der Waals surface area contributed by atoms with Crippen LogP contribution < -0.4 is 5.32 Å². The Morgan fingerprint density at radius 2 is 2.16 bits per heavy atom. The van der Waals surface area contributed by atoms with Crippen LogP contribution in [0.2, 0.25) is 0 Å². The van der Waals surface area contributed by atoms with Crippen molar-refractivity contribution in [1.29, 1.82) is 0 Å². The first kappa shape index (κ1) is 14.4. The summed E-state index contributed by atoms with van der Waals surface area (Å²) in [6.07, 6.45) is 3.14. The molecule has 1 heterocycles. The zero-order valence-corrected chi connectivity index (χ0v) is 12.7. The molecule has 0 aliphatic carbocycles. The number of fused-ring (bicyclic) bond motifs is 1. The van der Waals surface area contributed by atoms with E-state index in [2.05, 4.69) is 24.6 Å². The molecule has 0 aromatic heterocycles. The second-order valence-corrected chi connectivity index (χ2v) is 6.12. The van der Waals surface area contributed by atoms with Crippen LogP contribution in [0, 0.1) is 0 Å². The summed E-state index contributed by atoms with van der Waals surface area (Å²) in [5.41, 5.74) is 3.38. The highest BCUT2D eigenvalue weighted by Crippen LogP contribution is 2.19. The van der Waals surface area contributed by atoms with Crippen molar-refractivity contribution in [3.8, 4) is 0 Å². The minimum Gasteiger partial charge on any atom is -0.339 e. The molecule has 1 unspecified atom stereocenters. The Hall–Kier alpha value is -1.00. The van der Waals surface area contributed by atoms with Crippen molar-refractivity contribution in [1.82, 2.24) is 10.2 Å². The highest BCUT2D eigenvalue weighted by Gasteiger charge is 2.19. The van der Waals surface area contributed by atoms with Gasteiger partial charge in [-0.1, -0.05) is 6.07 Å². The van der Waals surface area contributed by atoms with Gasteiger partial charge >= 0.3 is 0 Å². The standard InChI is InChI=1S/C15H22N2OS/c1-11(6-7-19-3)17(2)15(18)12-4-5-13-9-16-10-14(13)8-12/h4-5,8,11,16H,6-7,9-10H2,1-3H3. The maximum absolute atomic E-state index is 12.4. The van der Waals surface area contributed by atoms with E-state index in [0.717, 1.165) is 30.8 Å². The summed E-state index contributed by atoms with van der Waals surface area (Å²) >= 11 is 1.82. The maximum atomic E-state index is 12.4.